The van der Waals surface area contributed by atoms with Crippen LogP contribution in [0.3, 0.4) is 0 Å². The third kappa shape index (κ3) is 1.24. The third-order valence-electron chi connectivity index (χ3n) is 6.07. The summed E-state index contributed by atoms with van der Waals surface area (Å²) in [6.45, 7) is 12.1. The Kier molecular flexibility index (Phi) is 2.10. The predicted octanol–water partition coefficient (Wildman–Crippen LogP) is 4.02. The zero-order chi connectivity index (χ0) is 12.4. The summed E-state index contributed by atoms with van der Waals surface area (Å²) in [5, 5.41) is 4.03. The monoisotopic (exact) mass is 233 g/mol. The molecule has 0 amide bonds. The van der Waals surface area contributed by atoms with E-state index in [4.69, 9.17) is 4.52 Å². The van der Waals surface area contributed by atoms with Crippen molar-refractivity contribution in [3.8, 4) is 0 Å². The Balaban J connectivity index is 2.15. The highest BCUT2D eigenvalue weighted by Crippen LogP contribution is 2.66. The molecule has 94 valence electrons. The van der Waals surface area contributed by atoms with E-state index in [0.29, 0.717) is 22.7 Å². The van der Waals surface area contributed by atoms with Gasteiger partial charge in [0, 0.05) is 11.5 Å². The highest BCUT2D eigenvalue weighted by Gasteiger charge is 2.60. The smallest absolute Gasteiger partial charge is 0.143 e. The lowest BCUT2D eigenvalue weighted by atomic mass is 9.69. The van der Waals surface area contributed by atoms with Crippen LogP contribution in [-0.4, -0.2) is 5.16 Å². The predicted molar refractivity (Wildman–Crippen MR) is 67.8 cm³/mol. The van der Waals surface area contributed by atoms with E-state index in [1.165, 1.54) is 17.7 Å². The second kappa shape index (κ2) is 3.15. The van der Waals surface area contributed by atoms with Crippen LogP contribution in [-0.2, 0) is 6.42 Å². The molecule has 1 heterocycles. The van der Waals surface area contributed by atoms with E-state index in [2.05, 4.69) is 39.8 Å². The summed E-state index contributed by atoms with van der Waals surface area (Å²) in [5.74, 6) is 3.19. The van der Waals surface area contributed by atoms with Crippen molar-refractivity contribution >= 4 is 0 Å². The number of hydrogen-bond donors (Lipinski definition) is 0. The van der Waals surface area contributed by atoms with Crippen LogP contribution in [0.5, 0.6) is 0 Å². The molecular formula is C15H23NO. The van der Waals surface area contributed by atoms with Crippen LogP contribution in [0.4, 0.5) is 0 Å². The van der Waals surface area contributed by atoms with E-state index in [-0.39, 0.29) is 0 Å². The molecule has 0 bridgehead atoms. The summed E-state index contributed by atoms with van der Waals surface area (Å²) in [4.78, 5) is 0. The minimum atomic E-state index is 0.308. The first-order valence-corrected chi connectivity index (χ1v) is 6.80. The molecule has 1 aromatic heterocycles. The minimum Gasteiger partial charge on any atom is -0.361 e. The van der Waals surface area contributed by atoms with Crippen molar-refractivity contribution in [3.63, 3.8) is 0 Å². The zero-order valence-electron chi connectivity index (χ0n) is 11.6. The first kappa shape index (κ1) is 11.3. The van der Waals surface area contributed by atoms with Crippen LogP contribution in [0.15, 0.2) is 10.7 Å². The van der Waals surface area contributed by atoms with Gasteiger partial charge in [-0.15, -0.1) is 0 Å². The highest BCUT2D eigenvalue weighted by atomic mass is 16.5. The molecule has 0 saturated heterocycles. The highest BCUT2D eigenvalue weighted by molar-refractivity contribution is 5.29. The molecule has 0 aromatic carbocycles. The fourth-order valence-corrected chi connectivity index (χ4v) is 4.58. The molecule has 0 aliphatic heterocycles. The number of fused-ring (bicyclic) bond motifs is 3. The van der Waals surface area contributed by atoms with Gasteiger partial charge in [-0.25, -0.2) is 0 Å². The fraction of sp³-hybridized carbons (Fsp3) is 0.800. The standard InChI is InChI=1S/C15H23NO/c1-9-14(2,3)11-7-6-10-8-16-17-13(10)12(11)15(9,4)5/h8-9,11-12H,6-7H2,1-5H3. The summed E-state index contributed by atoms with van der Waals surface area (Å²) in [6.07, 6.45) is 4.36. The summed E-state index contributed by atoms with van der Waals surface area (Å²) < 4.78 is 5.60. The van der Waals surface area contributed by atoms with E-state index in [1.807, 2.05) is 6.20 Å². The molecule has 1 saturated carbocycles. The molecular weight excluding hydrogens is 210 g/mol. The molecule has 2 aliphatic carbocycles. The molecule has 0 N–H and O–H groups in total. The molecule has 2 nitrogen and oxygen atoms in total. The Morgan fingerprint density at radius 2 is 1.94 bits per heavy atom. The van der Waals surface area contributed by atoms with Crippen LogP contribution < -0.4 is 0 Å². The minimum absolute atomic E-state index is 0.308. The van der Waals surface area contributed by atoms with E-state index in [0.717, 1.165) is 12.3 Å². The van der Waals surface area contributed by atoms with E-state index in [9.17, 15) is 0 Å². The molecule has 1 fully saturated rings. The lowest BCUT2D eigenvalue weighted by molar-refractivity contribution is 0.150. The van der Waals surface area contributed by atoms with Gasteiger partial charge in [-0.05, 0) is 35.5 Å². The number of rotatable bonds is 0. The summed E-state index contributed by atoms with van der Waals surface area (Å²) in [7, 11) is 0. The van der Waals surface area contributed by atoms with Crippen molar-refractivity contribution in [2.75, 3.05) is 0 Å². The van der Waals surface area contributed by atoms with Crippen molar-refractivity contribution in [1.29, 1.82) is 0 Å². The largest absolute Gasteiger partial charge is 0.361 e. The first-order valence-electron chi connectivity index (χ1n) is 6.80. The van der Waals surface area contributed by atoms with Gasteiger partial charge in [0.2, 0.25) is 0 Å². The number of hydrogen-bond acceptors (Lipinski definition) is 2. The van der Waals surface area contributed by atoms with Crippen LogP contribution >= 0.6 is 0 Å². The van der Waals surface area contributed by atoms with Gasteiger partial charge in [-0.3, -0.25) is 0 Å². The Labute approximate surface area is 104 Å². The molecule has 17 heavy (non-hydrogen) atoms. The maximum atomic E-state index is 5.60. The molecule has 0 radical (unpaired) electrons. The van der Waals surface area contributed by atoms with Crippen LogP contribution in [0.25, 0.3) is 0 Å². The van der Waals surface area contributed by atoms with Gasteiger partial charge in [-0.2, -0.15) is 0 Å². The summed E-state index contributed by atoms with van der Waals surface area (Å²) in [6, 6.07) is 0. The van der Waals surface area contributed by atoms with Crippen molar-refractivity contribution in [1.82, 2.24) is 5.16 Å². The quantitative estimate of drug-likeness (QED) is 0.676. The average Bonchev–Trinajstić information content (AvgIpc) is 2.77. The van der Waals surface area contributed by atoms with Crippen molar-refractivity contribution in [2.24, 2.45) is 22.7 Å². The third-order valence-corrected chi connectivity index (χ3v) is 6.07. The van der Waals surface area contributed by atoms with Crippen LogP contribution in [0, 0.1) is 22.7 Å². The lowest BCUT2D eigenvalue weighted by Gasteiger charge is -2.34. The molecule has 3 rings (SSSR count). The summed E-state index contributed by atoms with van der Waals surface area (Å²) >= 11 is 0. The average molecular weight is 233 g/mol. The molecule has 2 aliphatic rings. The second-order valence-corrected chi connectivity index (χ2v) is 7.20. The molecule has 3 unspecified atom stereocenters. The van der Waals surface area contributed by atoms with E-state index in [1.54, 1.807) is 0 Å². The zero-order valence-corrected chi connectivity index (χ0v) is 11.6. The van der Waals surface area contributed by atoms with Crippen molar-refractivity contribution in [2.45, 2.75) is 53.4 Å². The maximum Gasteiger partial charge on any atom is 0.143 e. The Morgan fingerprint density at radius 3 is 2.65 bits per heavy atom. The van der Waals surface area contributed by atoms with Gasteiger partial charge in [-0.1, -0.05) is 39.8 Å². The molecule has 1 aromatic rings. The van der Waals surface area contributed by atoms with E-state index < -0.39 is 0 Å². The van der Waals surface area contributed by atoms with Crippen molar-refractivity contribution in [3.05, 3.63) is 17.5 Å². The normalized spacial score (nSPS) is 37.6. The number of nitrogens with zero attached hydrogens (tertiary/aromatic N) is 1. The van der Waals surface area contributed by atoms with Gasteiger partial charge in [0.05, 0.1) is 6.20 Å². The fourth-order valence-electron chi connectivity index (χ4n) is 4.58. The van der Waals surface area contributed by atoms with Gasteiger partial charge in [0.25, 0.3) is 0 Å². The van der Waals surface area contributed by atoms with Gasteiger partial charge < -0.3 is 4.52 Å². The van der Waals surface area contributed by atoms with Crippen LogP contribution in [0.1, 0.15) is 58.3 Å². The Morgan fingerprint density at radius 1 is 1.24 bits per heavy atom. The Bertz CT molecular complexity index is 444. The van der Waals surface area contributed by atoms with E-state index >= 15 is 0 Å². The van der Waals surface area contributed by atoms with Crippen LogP contribution in [0.2, 0.25) is 0 Å². The van der Waals surface area contributed by atoms with Gasteiger partial charge >= 0.3 is 0 Å². The lowest BCUT2D eigenvalue weighted by Crippen LogP contribution is -2.27. The first-order chi connectivity index (χ1) is 7.87. The molecule has 3 atom stereocenters. The number of aromatic nitrogens is 1. The summed E-state index contributed by atoms with van der Waals surface area (Å²) in [5.41, 5.74) is 2.06. The number of aryl methyl sites for hydroxylation is 1. The molecule has 0 spiro atoms. The topological polar surface area (TPSA) is 26.0 Å². The van der Waals surface area contributed by atoms with Gasteiger partial charge in [0.15, 0.2) is 0 Å². The Hall–Kier alpha value is -0.790. The van der Waals surface area contributed by atoms with Gasteiger partial charge in [0.1, 0.15) is 5.76 Å². The molecule has 2 heteroatoms. The second-order valence-electron chi connectivity index (χ2n) is 7.20. The SMILES string of the molecule is CC1C(C)(C)C2CCc3cnoc3C2C1(C)C. The maximum absolute atomic E-state index is 5.60. The van der Waals surface area contributed by atoms with Crippen molar-refractivity contribution < 1.29 is 4.52 Å².